The highest BCUT2D eigenvalue weighted by Gasteiger charge is 2.19. The highest BCUT2D eigenvalue weighted by molar-refractivity contribution is 6.04. The second kappa shape index (κ2) is 9.24. The van der Waals surface area contributed by atoms with Crippen molar-refractivity contribution in [1.29, 1.82) is 0 Å². The van der Waals surface area contributed by atoms with Gasteiger partial charge in [0.05, 0.1) is 5.52 Å². The molecule has 0 bridgehead atoms. The summed E-state index contributed by atoms with van der Waals surface area (Å²) < 4.78 is 0. The largest absolute Gasteiger partial charge is 0.369 e. The van der Waals surface area contributed by atoms with Gasteiger partial charge in [0.25, 0.3) is 5.91 Å². The van der Waals surface area contributed by atoms with Gasteiger partial charge in [0.15, 0.2) is 5.69 Å². The Morgan fingerprint density at radius 2 is 1.53 bits per heavy atom. The number of aromatic nitrogens is 2. The molecule has 2 N–H and O–H groups in total. The van der Waals surface area contributed by atoms with Gasteiger partial charge >= 0.3 is 0 Å². The van der Waals surface area contributed by atoms with E-state index in [1.165, 1.54) is 11.3 Å². The van der Waals surface area contributed by atoms with Crippen molar-refractivity contribution < 1.29 is 4.79 Å². The first-order valence-corrected chi connectivity index (χ1v) is 11.1. The number of nitrogens with zero attached hydrogens (tertiary/aromatic N) is 3. The van der Waals surface area contributed by atoms with Crippen molar-refractivity contribution in [2.24, 2.45) is 0 Å². The van der Waals surface area contributed by atoms with E-state index in [0.717, 1.165) is 49.2 Å². The first kappa shape index (κ1) is 20.3. The van der Waals surface area contributed by atoms with Gasteiger partial charge in [-0.2, -0.15) is 5.10 Å². The minimum atomic E-state index is -0.159. The zero-order valence-corrected chi connectivity index (χ0v) is 18.0. The number of nitrogens with one attached hydrogen (secondary N) is 2. The number of para-hydroxylation sites is 2. The van der Waals surface area contributed by atoms with E-state index in [2.05, 4.69) is 73.8 Å². The van der Waals surface area contributed by atoms with E-state index in [1.54, 1.807) is 0 Å². The van der Waals surface area contributed by atoms with Crippen LogP contribution in [-0.4, -0.2) is 47.2 Å². The van der Waals surface area contributed by atoms with Crippen molar-refractivity contribution in [1.82, 2.24) is 20.4 Å². The number of H-pyrrole nitrogens is 1. The van der Waals surface area contributed by atoms with E-state index in [4.69, 9.17) is 0 Å². The number of hydrogen-bond acceptors (Lipinski definition) is 4. The fraction of sp³-hybridized carbons (Fsp3) is 0.231. The third-order valence-corrected chi connectivity index (χ3v) is 6.13. The van der Waals surface area contributed by atoms with Gasteiger partial charge in [0.2, 0.25) is 0 Å². The molecule has 6 nitrogen and oxygen atoms in total. The van der Waals surface area contributed by atoms with E-state index in [9.17, 15) is 4.79 Å². The molecule has 162 valence electrons. The molecule has 1 aromatic heterocycles. The average molecular weight is 426 g/mol. The fourth-order valence-corrected chi connectivity index (χ4v) is 4.32. The Labute approximate surface area is 187 Å². The fourth-order valence-electron chi connectivity index (χ4n) is 4.32. The summed E-state index contributed by atoms with van der Waals surface area (Å²) in [5.41, 5.74) is 5.00. The van der Waals surface area contributed by atoms with Crippen LogP contribution in [0, 0.1) is 0 Å². The molecule has 0 aliphatic carbocycles. The summed E-state index contributed by atoms with van der Waals surface area (Å²) in [6.45, 7) is 5.47. The normalized spacial score (nSPS) is 14.6. The van der Waals surface area contributed by atoms with E-state index in [1.807, 2.05) is 30.3 Å². The maximum Gasteiger partial charge on any atom is 0.272 e. The second-order valence-electron chi connectivity index (χ2n) is 8.17. The van der Waals surface area contributed by atoms with Crippen LogP contribution >= 0.6 is 0 Å². The molecule has 0 saturated carbocycles. The van der Waals surface area contributed by atoms with E-state index in [-0.39, 0.29) is 5.91 Å². The van der Waals surface area contributed by atoms with E-state index >= 15 is 0 Å². The monoisotopic (exact) mass is 425 g/mol. The molecule has 4 aromatic rings. The molecule has 0 atom stereocenters. The van der Waals surface area contributed by atoms with Gasteiger partial charge in [-0.1, -0.05) is 60.7 Å². The molecule has 1 saturated heterocycles. The van der Waals surface area contributed by atoms with Gasteiger partial charge in [-0.25, -0.2) is 0 Å². The molecule has 0 radical (unpaired) electrons. The molecule has 32 heavy (non-hydrogen) atoms. The Balaban J connectivity index is 1.20. The molecule has 1 aliphatic rings. The topological polar surface area (TPSA) is 64.3 Å². The number of carbonyl (C=O) groups is 1. The minimum Gasteiger partial charge on any atom is -0.369 e. The highest BCUT2D eigenvalue weighted by atomic mass is 16.1. The molecule has 1 amide bonds. The Bertz CT molecular complexity index is 1200. The van der Waals surface area contributed by atoms with Gasteiger partial charge < -0.3 is 10.2 Å². The summed E-state index contributed by atoms with van der Waals surface area (Å²) in [5.74, 6) is -0.159. The summed E-state index contributed by atoms with van der Waals surface area (Å²) in [6, 6.07) is 26.6. The smallest absolute Gasteiger partial charge is 0.272 e. The van der Waals surface area contributed by atoms with Crippen LogP contribution in [-0.2, 0) is 13.1 Å². The summed E-state index contributed by atoms with van der Waals surface area (Å²) >= 11 is 0. The minimum absolute atomic E-state index is 0.159. The predicted molar refractivity (Wildman–Crippen MR) is 128 cm³/mol. The number of hydrogen-bond donors (Lipinski definition) is 2. The number of rotatable bonds is 6. The quantitative estimate of drug-likeness (QED) is 0.493. The summed E-state index contributed by atoms with van der Waals surface area (Å²) in [7, 11) is 0. The van der Waals surface area contributed by atoms with Crippen molar-refractivity contribution in [2.75, 3.05) is 31.1 Å². The van der Waals surface area contributed by atoms with Crippen molar-refractivity contribution in [3.63, 3.8) is 0 Å². The van der Waals surface area contributed by atoms with Gasteiger partial charge in [-0.15, -0.1) is 0 Å². The third-order valence-electron chi connectivity index (χ3n) is 6.13. The summed E-state index contributed by atoms with van der Waals surface area (Å²) in [5, 5.41) is 11.0. The first-order chi connectivity index (χ1) is 15.8. The molecular formula is C26H27N5O. The molecule has 0 spiro atoms. The summed E-state index contributed by atoms with van der Waals surface area (Å²) in [6.07, 6.45) is 0. The van der Waals surface area contributed by atoms with Crippen molar-refractivity contribution >= 4 is 22.5 Å². The number of anilines is 1. The van der Waals surface area contributed by atoms with Crippen LogP contribution in [0.4, 0.5) is 5.69 Å². The van der Waals surface area contributed by atoms with E-state index in [0.29, 0.717) is 12.2 Å². The highest BCUT2D eigenvalue weighted by Crippen LogP contribution is 2.19. The first-order valence-electron chi connectivity index (χ1n) is 11.1. The van der Waals surface area contributed by atoms with Crippen molar-refractivity contribution in [3.05, 3.63) is 95.7 Å². The van der Waals surface area contributed by atoms with Gasteiger partial charge in [0, 0.05) is 50.3 Å². The number of amides is 1. The SMILES string of the molecule is O=C(NCc1ccccc1CN1CCN(c2ccccc2)CC1)c1n[nH]c2ccccc12. The lowest BCUT2D eigenvalue weighted by Gasteiger charge is -2.36. The van der Waals surface area contributed by atoms with Crippen LogP contribution in [0.2, 0.25) is 0 Å². The van der Waals surface area contributed by atoms with Crippen LogP contribution in [0.3, 0.4) is 0 Å². The third kappa shape index (κ3) is 4.36. The Morgan fingerprint density at radius 3 is 2.34 bits per heavy atom. The number of benzene rings is 3. The maximum atomic E-state index is 12.8. The Hall–Kier alpha value is -3.64. The molecule has 5 rings (SSSR count). The molecule has 1 aliphatic heterocycles. The molecule has 1 fully saturated rings. The van der Waals surface area contributed by atoms with Crippen molar-refractivity contribution in [3.8, 4) is 0 Å². The van der Waals surface area contributed by atoms with Crippen LogP contribution in [0.25, 0.3) is 10.9 Å². The molecule has 3 aromatic carbocycles. The molecule has 0 unspecified atom stereocenters. The van der Waals surface area contributed by atoms with Gasteiger partial charge in [-0.05, 0) is 29.3 Å². The van der Waals surface area contributed by atoms with Gasteiger partial charge in [0.1, 0.15) is 0 Å². The Morgan fingerprint density at radius 1 is 0.844 bits per heavy atom. The lowest BCUT2D eigenvalue weighted by atomic mass is 10.1. The number of fused-ring (bicyclic) bond motifs is 1. The van der Waals surface area contributed by atoms with Crippen molar-refractivity contribution in [2.45, 2.75) is 13.1 Å². The van der Waals surface area contributed by atoms with Crippen LogP contribution in [0.5, 0.6) is 0 Å². The predicted octanol–water partition coefficient (Wildman–Crippen LogP) is 3.82. The zero-order valence-electron chi connectivity index (χ0n) is 18.0. The van der Waals surface area contributed by atoms with Crippen LogP contribution in [0.15, 0.2) is 78.9 Å². The molecule has 6 heteroatoms. The van der Waals surface area contributed by atoms with Gasteiger partial charge in [-0.3, -0.25) is 14.8 Å². The van der Waals surface area contributed by atoms with Crippen LogP contribution < -0.4 is 10.2 Å². The van der Waals surface area contributed by atoms with E-state index < -0.39 is 0 Å². The number of aromatic amines is 1. The maximum absolute atomic E-state index is 12.8. The van der Waals surface area contributed by atoms with Crippen LogP contribution in [0.1, 0.15) is 21.6 Å². The Kier molecular flexibility index (Phi) is 5.85. The molecule has 2 heterocycles. The summed E-state index contributed by atoms with van der Waals surface area (Å²) in [4.78, 5) is 17.7. The average Bonchev–Trinajstić information content (AvgIpc) is 3.29. The number of piperazine rings is 1. The second-order valence-corrected chi connectivity index (χ2v) is 8.17. The number of carbonyl (C=O) groups excluding carboxylic acids is 1. The lowest BCUT2D eigenvalue weighted by molar-refractivity contribution is 0.0947. The zero-order chi connectivity index (χ0) is 21.8. The lowest BCUT2D eigenvalue weighted by Crippen LogP contribution is -2.46. The molecular weight excluding hydrogens is 398 g/mol. The standard InChI is InChI=1S/C26H27N5O/c32-26(25-23-12-6-7-13-24(23)28-29-25)27-18-20-8-4-5-9-21(20)19-30-14-16-31(17-15-30)22-10-2-1-3-11-22/h1-13H,14-19H2,(H,27,32)(H,28,29).